The number of rotatable bonds is 5. The van der Waals surface area contributed by atoms with Gasteiger partial charge < -0.3 is 15.8 Å². The van der Waals surface area contributed by atoms with Gasteiger partial charge in [-0.25, -0.2) is 0 Å². The van der Waals surface area contributed by atoms with E-state index in [4.69, 9.17) is 10.5 Å². The highest BCUT2D eigenvalue weighted by atomic mass is 16.5. The topological polar surface area (TPSA) is 67.6 Å². The number of hydrogen-bond donors (Lipinski definition) is 2. The van der Waals surface area contributed by atoms with E-state index in [2.05, 4.69) is 10.2 Å². The first-order valence-electron chi connectivity index (χ1n) is 6.58. The van der Waals surface area contributed by atoms with Gasteiger partial charge in [-0.1, -0.05) is 0 Å². The molecule has 2 aliphatic rings. The Kier molecular flexibility index (Phi) is 4.76. The molecule has 0 aromatic carbocycles. The Hall–Kier alpha value is -0.650. The van der Waals surface area contributed by atoms with Crippen LogP contribution in [-0.4, -0.2) is 56.2 Å². The zero-order chi connectivity index (χ0) is 12.1. The second-order valence-corrected chi connectivity index (χ2v) is 5.06. The molecule has 0 bridgehead atoms. The second-order valence-electron chi connectivity index (χ2n) is 5.06. The molecule has 2 rings (SSSR count). The lowest BCUT2D eigenvalue weighted by Gasteiger charge is -2.16. The molecule has 0 saturated carbocycles. The van der Waals surface area contributed by atoms with Crippen LogP contribution in [0.25, 0.3) is 0 Å². The Morgan fingerprint density at radius 2 is 2.35 bits per heavy atom. The van der Waals surface area contributed by atoms with E-state index >= 15 is 0 Å². The first-order valence-corrected chi connectivity index (χ1v) is 6.58. The van der Waals surface area contributed by atoms with Crippen molar-refractivity contribution in [1.29, 1.82) is 0 Å². The Labute approximate surface area is 103 Å². The highest BCUT2D eigenvalue weighted by Gasteiger charge is 2.23. The average molecular weight is 241 g/mol. The summed E-state index contributed by atoms with van der Waals surface area (Å²) in [7, 11) is 0. The van der Waals surface area contributed by atoms with Gasteiger partial charge >= 0.3 is 0 Å². The number of amides is 1. The van der Waals surface area contributed by atoms with Crippen molar-refractivity contribution in [3.63, 3.8) is 0 Å². The molecule has 2 atom stereocenters. The van der Waals surface area contributed by atoms with Crippen LogP contribution in [0, 0.1) is 5.92 Å². The van der Waals surface area contributed by atoms with Crippen LogP contribution in [0.1, 0.15) is 19.3 Å². The third-order valence-corrected chi connectivity index (χ3v) is 3.62. The van der Waals surface area contributed by atoms with Gasteiger partial charge in [-0.2, -0.15) is 0 Å². The van der Waals surface area contributed by atoms with Gasteiger partial charge in [0.2, 0.25) is 5.91 Å². The van der Waals surface area contributed by atoms with Crippen LogP contribution >= 0.6 is 0 Å². The third kappa shape index (κ3) is 3.94. The molecular formula is C12H23N3O2. The van der Waals surface area contributed by atoms with E-state index in [0.717, 1.165) is 45.5 Å². The van der Waals surface area contributed by atoms with Crippen molar-refractivity contribution >= 4 is 5.91 Å². The summed E-state index contributed by atoms with van der Waals surface area (Å²) >= 11 is 0. The minimum atomic E-state index is 0.109. The van der Waals surface area contributed by atoms with Crippen molar-refractivity contribution in [3.8, 4) is 0 Å². The number of hydrogen-bond acceptors (Lipinski definition) is 4. The Bertz CT molecular complexity index is 254. The summed E-state index contributed by atoms with van der Waals surface area (Å²) < 4.78 is 5.46. The molecule has 0 spiro atoms. The van der Waals surface area contributed by atoms with E-state index in [0.29, 0.717) is 19.0 Å². The lowest BCUT2D eigenvalue weighted by atomic mass is 10.1. The fourth-order valence-corrected chi connectivity index (χ4v) is 2.54. The van der Waals surface area contributed by atoms with Crippen LogP contribution in [0.4, 0.5) is 0 Å². The number of ether oxygens (including phenoxy) is 1. The molecule has 5 heteroatoms. The Morgan fingerprint density at radius 1 is 1.47 bits per heavy atom. The minimum absolute atomic E-state index is 0.109. The van der Waals surface area contributed by atoms with Gasteiger partial charge in [0.25, 0.3) is 0 Å². The molecule has 5 nitrogen and oxygen atoms in total. The van der Waals surface area contributed by atoms with Crippen molar-refractivity contribution in [1.82, 2.24) is 10.2 Å². The van der Waals surface area contributed by atoms with Gasteiger partial charge in [0, 0.05) is 19.7 Å². The van der Waals surface area contributed by atoms with Gasteiger partial charge in [-0.3, -0.25) is 9.69 Å². The van der Waals surface area contributed by atoms with Crippen molar-refractivity contribution in [2.45, 2.75) is 25.4 Å². The molecule has 0 aromatic heterocycles. The first kappa shape index (κ1) is 12.8. The first-order chi connectivity index (χ1) is 8.28. The third-order valence-electron chi connectivity index (χ3n) is 3.62. The molecular weight excluding hydrogens is 218 g/mol. The van der Waals surface area contributed by atoms with Crippen molar-refractivity contribution < 1.29 is 9.53 Å². The van der Waals surface area contributed by atoms with Crippen LogP contribution in [0.5, 0.6) is 0 Å². The standard InChI is InChI=1S/C12H23N3O2/c13-6-10-3-4-15(8-10)9-12(16)14-7-11-2-1-5-17-11/h10-11H,1-9,13H2,(H,14,16). The summed E-state index contributed by atoms with van der Waals surface area (Å²) in [5.41, 5.74) is 5.62. The fourth-order valence-electron chi connectivity index (χ4n) is 2.54. The number of nitrogens with one attached hydrogen (secondary N) is 1. The predicted octanol–water partition coefficient (Wildman–Crippen LogP) is -0.438. The quantitative estimate of drug-likeness (QED) is 0.685. The highest BCUT2D eigenvalue weighted by Crippen LogP contribution is 2.14. The van der Waals surface area contributed by atoms with Crippen LogP contribution in [0.2, 0.25) is 0 Å². The maximum absolute atomic E-state index is 11.7. The molecule has 2 unspecified atom stereocenters. The molecule has 0 radical (unpaired) electrons. The largest absolute Gasteiger partial charge is 0.376 e. The van der Waals surface area contributed by atoms with E-state index < -0.39 is 0 Å². The molecule has 2 aliphatic heterocycles. The van der Waals surface area contributed by atoms with Gasteiger partial charge in [0.05, 0.1) is 12.6 Å². The summed E-state index contributed by atoms with van der Waals surface area (Å²) in [5, 5.41) is 2.95. The SMILES string of the molecule is NCC1CCN(CC(=O)NCC2CCCO2)C1. The molecule has 0 aromatic rings. The fraction of sp³-hybridized carbons (Fsp3) is 0.917. The summed E-state index contributed by atoms with van der Waals surface area (Å²) in [4.78, 5) is 13.9. The minimum Gasteiger partial charge on any atom is -0.376 e. The normalized spacial score (nSPS) is 29.7. The Balaban J connectivity index is 1.60. The van der Waals surface area contributed by atoms with Gasteiger partial charge in [0.15, 0.2) is 0 Å². The lowest BCUT2D eigenvalue weighted by Crippen LogP contribution is -2.39. The van der Waals surface area contributed by atoms with Crippen molar-refractivity contribution in [2.24, 2.45) is 11.7 Å². The van der Waals surface area contributed by atoms with E-state index in [1.165, 1.54) is 0 Å². The zero-order valence-electron chi connectivity index (χ0n) is 10.4. The van der Waals surface area contributed by atoms with E-state index in [1.807, 2.05) is 0 Å². The number of carbonyl (C=O) groups is 1. The van der Waals surface area contributed by atoms with Crippen LogP contribution < -0.4 is 11.1 Å². The van der Waals surface area contributed by atoms with Crippen molar-refractivity contribution in [3.05, 3.63) is 0 Å². The van der Waals surface area contributed by atoms with Crippen LogP contribution in [0.15, 0.2) is 0 Å². The number of likely N-dealkylation sites (tertiary alicyclic amines) is 1. The molecule has 1 amide bonds. The van der Waals surface area contributed by atoms with E-state index in [-0.39, 0.29) is 12.0 Å². The summed E-state index contributed by atoms with van der Waals surface area (Å²) in [6, 6.07) is 0. The monoisotopic (exact) mass is 241 g/mol. The van der Waals surface area contributed by atoms with E-state index in [1.54, 1.807) is 0 Å². The number of nitrogens with zero attached hydrogens (tertiary/aromatic N) is 1. The smallest absolute Gasteiger partial charge is 0.234 e. The molecule has 2 saturated heterocycles. The van der Waals surface area contributed by atoms with Crippen molar-refractivity contribution in [2.75, 3.05) is 39.3 Å². The maximum Gasteiger partial charge on any atom is 0.234 e. The summed E-state index contributed by atoms with van der Waals surface area (Å²) in [6.45, 7) is 4.69. The second kappa shape index (κ2) is 6.33. The zero-order valence-corrected chi connectivity index (χ0v) is 10.4. The highest BCUT2D eigenvalue weighted by molar-refractivity contribution is 5.78. The number of nitrogens with two attached hydrogens (primary N) is 1. The van der Waals surface area contributed by atoms with Crippen LogP contribution in [0.3, 0.4) is 0 Å². The van der Waals surface area contributed by atoms with Gasteiger partial charge in [0.1, 0.15) is 0 Å². The summed E-state index contributed by atoms with van der Waals surface area (Å²) in [6.07, 6.45) is 3.54. The number of carbonyl (C=O) groups excluding carboxylic acids is 1. The average Bonchev–Trinajstić information content (AvgIpc) is 2.97. The van der Waals surface area contributed by atoms with Crippen LogP contribution in [-0.2, 0) is 9.53 Å². The summed E-state index contributed by atoms with van der Waals surface area (Å²) in [5.74, 6) is 0.680. The Morgan fingerprint density at radius 3 is 3.00 bits per heavy atom. The molecule has 17 heavy (non-hydrogen) atoms. The molecule has 0 aliphatic carbocycles. The van der Waals surface area contributed by atoms with E-state index in [9.17, 15) is 4.79 Å². The van der Waals surface area contributed by atoms with Gasteiger partial charge in [-0.15, -0.1) is 0 Å². The molecule has 3 N–H and O–H groups in total. The molecule has 98 valence electrons. The van der Waals surface area contributed by atoms with Gasteiger partial charge in [-0.05, 0) is 38.3 Å². The lowest BCUT2D eigenvalue weighted by molar-refractivity contribution is -0.122. The molecule has 2 fully saturated rings. The maximum atomic E-state index is 11.7. The predicted molar refractivity (Wildman–Crippen MR) is 65.6 cm³/mol. The molecule has 2 heterocycles.